The number of ether oxygens (including phenoxy) is 2. The molecule has 0 spiro atoms. The normalized spacial score (nSPS) is 38.5. The second-order valence-electron chi connectivity index (χ2n) is 5.38. The second-order valence-corrected chi connectivity index (χ2v) is 5.38. The van der Waals surface area contributed by atoms with Crippen LogP contribution in [-0.2, 0) is 9.47 Å². The second kappa shape index (κ2) is 6.14. The van der Waals surface area contributed by atoms with E-state index in [9.17, 15) is 5.11 Å². The molecule has 1 aliphatic carbocycles. The molecule has 0 aromatic heterocycles. The molecule has 2 rings (SSSR count). The van der Waals surface area contributed by atoms with Crippen molar-refractivity contribution in [2.45, 2.75) is 56.3 Å². The number of aliphatic hydroxyl groups excluding tert-OH is 1. The first-order chi connectivity index (χ1) is 8.28. The van der Waals surface area contributed by atoms with Crippen LogP contribution in [0.3, 0.4) is 0 Å². The summed E-state index contributed by atoms with van der Waals surface area (Å²) in [6.07, 6.45) is 7.04. The molecule has 2 N–H and O–H groups in total. The summed E-state index contributed by atoms with van der Waals surface area (Å²) in [5, 5.41) is 12.8. The van der Waals surface area contributed by atoms with E-state index in [1.54, 1.807) is 0 Å². The van der Waals surface area contributed by atoms with Crippen molar-refractivity contribution in [2.24, 2.45) is 0 Å². The van der Waals surface area contributed by atoms with E-state index in [1.807, 2.05) is 7.05 Å². The van der Waals surface area contributed by atoms with Gasteiger partial charge in [-0.2, -0.15) is 0 Å². The quantitative estimate of drug-likeness (QED) is 0.758. The number of nitrogens with one attached hydrogen (secondary N) is 1. The fraction of sp³-hybridized carbons (Fsp3) is 1.00. The molecule has 4 nitrogen and oxygen atoms in total. The van der Waals surface area contributed by atoms with Gasteiger partial charge in [-0.05, 0) is 45.6 Å². The van der Waals surface area contributed by atoms with Gasteiger partial charge in [-0.25, -0.2) is 0 Å². The maximum absolute atomic E-state index is 9.50. The summed E-state index contributed by atoms with van der Waals surface area (Å²) in [4.78, 5) is 0. The lowest BCUT2D eigenvalue weighted by Gasteiger charge is -2.39. The Labute approximate surface area is 104 Å². The Morgan fingerprint density at radius 3 is 2.94 bits per heavy atom. The van der Waals surface area contributed by atoms with Gasteiger partial charge in [0.05, 0.1) is 25.4 Å². The molecular formula is C13H25NO3. The minimum atomic E-state index is -0.126. The van der Waals surface area contributed by atoms with Crippen molar-refractivity contribution in [1.82, 2.24) is 5.32 Å². The van der Waals surface area contributed by atoms with Gasteiger partial charge in [0.25, 0.3) is 0 Å². The summed E-state index contributed by atoms with van der Waals surface area (Å²) >= 11 is 0. The van der Waals surface area contributed by atoms with Crippen LogP contribution in [0.25, 0.3) is 0 Å². The lowest BCUT2D eigenvalue weighted by Crippen LogP contribution is -2.51. The average molecular weight is 243 g/mol. The summed E-state index contributed by atoms with van der Waals surface area (Å²) in [5.41, 5.74) is -0.126. The molecular weight excluding hydrogens is 218 g/mol. The van der Waals surface area contributed by atoms with E-state index in [1.165, 1.54) is 0 Å². The minimum Gasteiger partial charge on any atom is -0.394 e. The molecule has 4 heteroatoms. The smallest absolute Gasteiger partial charge is 0.0809 e. The first kappa shape index (κ1) is 13.3. The highest BCUT2D eigenvalue weighted by Crippen LogP contribution is 2.30. The molecule has 2 fully saturated rings. The van der Waals surface area contributed by atoms with E-state index >= 15 is 0 Å². The lowest BCUT2D eigenvalue weighted by molar-refractivity contribution is -0.0530. The van der Waals surface area contributed by atoms with Crippen LogP contribution in [0.5, 0.6) is 0 Å². The van der Waals surface area contributed by atoms with Crippen molar-refractivity contribution < 1.29 is 14.6 Å². The molecule has 100 valence electrons. The summed E-state index contributed by atoms with van der Waals surface area (Å²) < 4.78 is 11.5. The number of hydrogen-bond acceptors (Lipinski definition) is 4. The number of aliphatic hydroxyl groups is 1. The van der Waals surface area contributed by atoms with Crippen LogP contribution in [0, 0.1) is 0 Å². The molecule has 1 saturated heterocycles. The van der Waals surface area contributed by atoms with Crippen molar-refractivity contribution in [3.05, 3.63) is 0 Å². The number of rotatable bonds is 5. The number of hydrogen-bond donors (Lipinski definition) is 2. The van der Waals surface area contributed by atoms with Crippen molar-refractivity contribution in [3.63, 3.8) is 0 Å². The fourth-order valence-electron chi connectivity index (χ4n) is 2.92. The molecule has 1 saturated carbocycles. The van der Waals surface area contributed by atoms with Crippen LogP contribution < -0.4 is 5.32 Å². The zero-order valence-corrected chi connectivity index (χ0v) is 10.8. The fourth-order valence-corrected chi connectivity index (χ4v) is 2.92. The van der Waals surface area contributed by atoms with Gasteiger partial charge in [-0.1, -0.05) is 0 Å². The minimum absolute atomic E-state index is 0.126. The maximum Gasteiger partial charge on any atom is 0.0809 e. The monoisotopic (exact) mass is 243 g/mol. The predicted octanol–water partition coefficient (Wildman–Crippen LogP) is 1.08. The van der Waals surface area contributed by atoms with E-state index in [0.29, 0.717) is 6.10 Å². The zero-order chi connectivity index (χ0) is 12.1. The van der Waals surface area contributed by atoms with Crippen molar-refractivity contribution in [2.75, 3.05) is 26.9 Å². The topological polar surface area (TPSA) is 50.7 Å². The first-order valence-electron chi connectivity index (χ1n) is 6.81. The van der Waals surface area contributed by atoms with Crippen molar-refractivity contribution in [1.29, 1.82) is 0 Å². The Kier molecular flexibility index (Phi) is 4.79. The number of likely N-dealkylation sites (N-methyl/N-ethyl adjacent to an activating group) is 1. The third-order valence-electron chi connectivity index (χ3n) is 4.17. The predicted molar refractivity (Wildman–Crippen MR) is 66.1 cm³/mol. The molecule has 0 radical (unpaired) electrons. The van der Waals surface area contributed by atoms with Crippen LogP contribution in [0.1, 0.15) is 38.5 Å². The molecule has 1 heterocycles. The molecule has 17 heavy (non-hydrogen) atoms. The third kappa shape index (κ3) is 3.41. The molecule has 1 aliphatic heterocycles. The summed E-state index contributed by atoms with van der Waals surface area (Å²) in [5.74, 6) is 0. The van der Waals surface area contributed by atoms with Crippen LogP contribution >= 0.6 is 0 Å². The standard InChI is InChI=1S/C13H25NO3/c1-14-13(10-15)6-2-4-11(8-13)17-9-12-5-3-7-16-12/h11-12,14-15H,2-10H2,1H3. The Morgan fingerprint density at radius 2 is 2.29 bits per heavy atom. The average Bonchev–Trinajstić information content (AvgIpc) is 2.90. The van der Waals surface area contributed by atoms with Gasteiger partial charge >= 0.3 is 0 Å². The Morgan fingerprint density at radius 1 is 1.41 bits per heavy atom. The van der Waals surface area contributed by atoms with Crippen LogP contribution in [-0.4, -0.2) is 49.7 Å². The molecule has 3 atom stereocenters. The lowest BCUT2D eigenvalue weighted by atomic mass is 9.81. The van der Waals surface area contributed by atoms with Crippen LogP contribution in [0.2, 0.25) is 0 Å². The van der Waals surface area contributed by atoms with E-state index in [4.69, 9.17) is 9.47 Å². The van der Waals surface area contributed by atoms with E-state index < -0.39 is 0 Å². The van der Waals surface area contributed by atoms with E-state index in [2.05, 4.69) is 5.32 Å². The molecule has 0 amide bonds. The molecule has 0 bridgehead atoms. The van der Waals surface area contributed by atoms with Crippen molar-refractivity contribution >= 4 is 0 Å². The van der Waals surface area contributed by atoms with Gasteiger partial charge in [0.2, 0.25) is 0 Å². The van der Waals surface area contributed by atoms with Crippen LogP contribution in [0.15, 0.2) is 0 Å². The molecule has 2 aliphatic rings. The summed E-state index contributed by atoms with van der Waals surface area (Å²) in [7, 11) is 1.93. The van der Waals surface area contributed by atoms with Gasteiger partial charge in [0.1, 0.15) is 0 Å². The van der Waals surface area contributed by atoms with Crippen molar-refractivity contribution in [3.8, 4) is 0 Å². The van der Waals surface area contributed by atoms with Gasteiger partial charge < -0.3 is 19.9 Å². The van der Waals surface area contributed by atoms with Gasteiger partial charge in [0.15, 0.2) is 0 Å². The highest BCUT2D eigenvalue weighted by molar-refractivity contribution is 4.93. The highest BCUT2D eigenvalue weighted by atomic mass is 16.5. The van der Waals surface area contributed by atoms with Gasteiger partial charge in [-0.15, -0.1) is 0 Å². The largest absolute Gasteiger partial charge is 0.394 e. The Balaban J connectivity index is 1.76. The zero-order valence-electron chi connectivity index (χ0n) is 10.8. The van der Waals surface area contributed by atoms with E-state index in [0.717, 1.165) is 51.7 Å². The van der Waals surface area contributed by atoms with E-state index in [-0.39, 0.29) is 18.2 Å². The van der Waals surface area contributed by atoms with Crippen LogP contribution in [0.4, 0.5) is 0 Å². The summed E-state index contributed by atoms with van der Waals surface area (Å²) in [6, 6.07) is 0. The maximum atomic E-state index is 9.50. The van der Waals surface area contributed by atoms with Gasteiger partial charge in [0, 0.05) is 12.1 Å². The molecule has 0 aromatic rings. The Bertz CT molecular complexity index is 225. The third-order valence-corrected chi connectivity index (χ3v) is 4.17. The highest BCUT2D eigenvalue weighted by Gasteiger charge is 2.35. The SMILES string of the molecule is CNC1(CO)CCCC(OCC2CCCO2)C1. The molecule has 0 aromatic carbocycles. The Hall–Kier alpha value is -0.160. The summed E-state index contributed by atoms with van der Waals surface area (Å²) in [6.45, 7) is 1.80. The molecule has 3 unspecified atom stereocenters. The first-order valence-corrected chi connectivity index (χ1v) is 6.81. The van der Waals surface area contributed by atoms with Gasteiger partial charge in [-0.3, -0.25) is 0 Å².